The summed E-state index contributed by atoms with van der Waals surface area (Å²) in [5.41, 5.74) is 0. The molecular formula is C9H22ClN. The Hall–Kier alpha value is -0.0100. The number of allylic oxidation sites excluding steroid dienone is 1. The van der Waals surface area contributed by atoms with Gasteiger partial charge < -0.3 is 4.90 Å². The third-order valence-corrected chi connectivity index (χ3v) is 0.762. The molecule has 0 saturated heterocycles. The minimum absolute atomic E-state index is 0. The van der Waals surface area contributed by atoms with E-state index in [-0.39, 0.29) is 12.4 Å². The third kappa shape index (κ3) is 71.3. The molecule has 0 aromatic heterocycles. The van der Waals surface area contributed by atoms with Gasteiger partial charge in [0.15, 0.2) is 0 Å². The molecule has 0 aliphatic rings. The van der Waals surface area contributed by atoms with Crippen molar-refractivity contribution in [3.63, 3.8) is 0 Å². The summed E-state index contributed by atoms with van der Waals surface area (Å²) in [6.07, 6.45) is 5.72. The maximum absolute atomic E-state index is 3.60. The molecule has 0 aromatic carbocycles. The van der Waals surface area contributed by atoms with E-state index in [4.69, 9.17) is 0 Å². The van der Waals surface area contributed by atoms with Crippen LogP contribution in [0.25, 0.3) is 0 Å². The molecule has 0 aliphatic heterocycles. The van der Waals surface area contributed by atoms with E-state index in [9.17, 15) is 0 Å². The van der Waals surface area contributed by atoms with Crippen LogP contribution in [0.2, 0.25) is 0 Å². The molecule has 0 aromatic rings. The van der Waals surface area contributed by atoms with Gasteiger partial charge in [-0.05, 0) is 27.6 Å². The van der Waals surface area contributed by atoms with Crippen molar-refractivity contribution in [1.29, 1.82) is 0 Å². The molecule has 0 rings (SSSR count). The van der Waals surface area contributed by atoms with Gasteiger partial charge in [0.05, 0.1) is 0 Å². The Morgan fingerprint density at radius 2 is 1.64 bits per heavy atom. The second-order valence-corrected chi connectivity index (χ2v) is 2.77. The van der Waals surface area contributed by atoms with Gasteiger partial charge in [0, 0.05) is 0 Å². The molecule has 0 heterocycles. The van der Waals surface area contributed by atoms with Gasteiger partial charge in [-0.2, -0.15) is 0 Å². The number of rotatable bonds is 3. The van der Waals surface area contributed by atoms with E-state index in [0.29, 0.717) is 0 Å². The van der Waals surface area contributed by atoms with E-state index < -0.39 is 0 Å². The van der Waals surface area contributed by atoms with E-state index in [1.165, 1.54) is 19.3 Å². The van der Waals surface area contributed by atoms with Crippen molar-refractivity contribution in [3.05, 3.63) is 12.7 Å². The summed E-state index contributed by atoms with van der Waals surface area (Å²) < 4.78 is 0. The summed E-state index contributed by atoms with van der Waals surface area (Å²) in [6, 6.07) is 0. The Morgan fingerprint density at radius 1 is 1.27 bits per heavy atom. The smallest absolute Gasteiger partial charge is 0.0140 e. The molecule has 0 spiro atoms. The lowest BCUT2D eigenvalue weighted by Gasteiger charge is -1.90. The standard InChI is InChI=1S/C6H12.C3H9N.ClH/c1-3-5-6-4-2;1-4(2)3;/h3H,1,4-6H2,2H3;1-3H3;1H. The van der Waals surface area contributed by atoms with Gasteiger partial charge in [0.25, 0.3) is 0 Å². The first-order chi connectivity index (χ1) is 4.65. The van der Waals surface area contributed by atoms with Gasteiger partial charge in [0.2, 0.25) is 0 Å². The zero-order valence-electron chi connectivity index (χ0n) is 8.26. The Balaban J connectivity index is -0.000000114. The van der Waals surface area contributed by atoms with Crippen molar-refractivity contribution in [3.8, 4) is 0 Å². The van der Waals surface area contributed by atoms with Crippen molar-refractivity contribution in [2.45, 2.75) is 26.2 Å². The lowest BCUT2D eigenvalue weighted by molar-refractivity contribution is 0.505. The normalized spacial score (nSPS) is 7.73. The molecule has 2 heteroatoms. The maximum Gasteiger partial charge on any atom is -0.0140 e. The zero-order chi connectivity index (χ0) is 8.41. The van der Waals surface area contributed by atoms with E-state index in [0.717, 1.165) is 0 Å². The highest BCUT2D eigenvalue weighted by Crippen LogP contribution is 1.91. The Kier molecular flexibility index (Phi) is 25.8. The molecule has 0 fully saturated rings. The fraction of sp³-hybridized carbons (Fsp3) is 0.778. The Morgan fingerprint density at radius 3 is 1.73 bits per heavy atom. The van der Waals surface area contributed by atoms with Gasteiger partial charge >= 0.3 is 0 Å². The summed E-state index contributed by atoms with van der Waals surface area (Å²) in [5.74, 6) is 0. The van der Waals surface area contributed by atoms with Crippen molar-refractivity contribution in [2.75, 3.05) is 21.1 Å². The summed E-state index contributed by atoms with van der Waals surface area (Å²) in [7, 11) is 6.00. The van der Waals surface area contributed by atoms with E-state index in [1.54, 1.807) is 0 Å². The number of nitrogens with zero attached hydrogens (tertiary/aromatic N) is 1. The molecule has 0 atom stereocenters. The lowest BCUT2D eigenvalue weighted by Crippen LogP contribution is -1.99. The minimum atomic E-state index is 0. The van der Waals surface area contributed by atoms with Gasteiger partial charge in [-0.25, -0.2) is 0 Å². The van der Waals surface area contributed by atoms with Gasteiger partial charge in [0.1, 0.15) is 0 Å². The fourth-order valence-corrected chi connectivity index (χ4v) is 0.348. The van der Waals surface area contributed by atoms with Crippen LogP contribution >= 0.6 is 12.4 Å². The minimum Gasteiger partial charge on any atom is -0.312 e. The molecule has 0 N–H and O–H groups in total. The van der Waals surface area contributed by atoms with Crippen molar-refractivity contribution in [1.82, 2.24) is 4.90 Å². The summed E-state index contributed by atoms with van der Waals surface area (Å²) >= 11 is 0. The Labute approximate surface area is 77.9 Å². The number of unbranched alkanes of at least 4 members (excludes halogenated alkanes) is 2. The average Bonchev–Trinajstić information content (AvgIpc) is 1.82. The van der Waals surface area contributed by atoms with Gasteiger partial charge in [-0.1, -0.05) is 25.8 Å². The maximum atomic E-state index is 3.60. The molecular weight excluding hydrogens is 158 g/mol. The molecule has 70 valence electrons. The molecule has 11 heavy (non-hydrogen) atoms. The summed E-state index contributed by atoms with van der Waals surface area (Å²) in [5, 5.41) is 0. The second kappa shape index (κ2) is 16.5. The van der Waals surface area contributed by atoms with Crippen LogP contribution in [-0.4, -0.2) is 26.0 Å². The van der Waals surface area contributed by atoms with Crippen LogP contribution < -0.4 is 0 Å². The zero-order valence-corrected chi connectivity index (χ0v) is 9.08. The average molecular weight is 180 g/mol. The van der Waals surface area contributed by atoms with Crippen LogP contribution in [0.4, 0.5) is 0 Å². The van der Waals surface area contributed by atoms with Gasteiger partial charge in [-0.3, -0.25) is 0 Å². The van der Waals surface area contributed by atoms with Crippen LogP contribution in [0.15, 0.2) is 12.7 Å². The third-order valence-electron chi connectivity index (χ3n) is 0.762. The number of hydrogen-bond donors (Lipinski definition) is 0. The molecule has 0 bridgehead atoms. The first kappa shape index (κ1) is 17.2. The van der Waals surface area contributed by atoms with Gasteiger partial charge in [-0.15, -0.1) is 19.0 Å². The van der Waals surface area contributed by atoms with Crippen LogP contribution in [0.1, 0.15) is 26.2 Å². The molecule has 0 amide bonds. The SMILES string of the molecule is C=CCCCC.CN(C)C.Cl. The summed E-state index contributed by atoms with van der Waals surface area (Å²) in [4.78, 5) is 2.00. The molecule has 0 unspecified atom stereocenters. The highest BCUT2D eigenvalue weighted by atomic mass is 35.5. The van der Waals surface area contributed by atoms with Crippen molar-refractivity contribution >= 4 is 12.4 Å². The van der Waals surface area contributed by atoms with Crippen LogP contribution in [0.5, 0.6) is 0 Å². The number of halogens is 1. The first-order valence-electron chi connectivity index (χ1n) is 3.87. The molecule has 0 radical (unpaired) electrons. The second-order valence-electron chi connectivity index (χ2n) is 2.77. The van der Waals surface area contributed by atoms with Crippen LogP contribution in [0.3, 0.4) is 0 Å². The van der Waals surface area contributed by atoms with Crippen molar-refractivity contribution < 1.29 is 0 Å². The predicted molar refractivity (Wildman–Crippen MR) is 56.6 cm³/mol. The monoisotopic (exact) mass is 179 g/mol. The van der Waals surface area contributed by atoms with E-state index in [1.807, 2.05) is 32.1 Å². The topological polar surface area (TPSA) is 3.24 Å². The molecule has 0 aliphatic carbocycles. The van der Waals surface area contributed by atoms with Crippen LogP contribution in [-0.2, 0) is 0 Å². The largest absolute Gasteiger partial charge is 0.312 e. The van der Waals surface area contributed by atoms with E-state index in [2.05, 4.69) is 13.5 Å². The molecule has 1 nitrogen and oxygen atoms in total. The highest BCUT2D eigenvalue weighted by Gasteiger charge is 1.71. The Bertz CT molecular complexity index is 59.8. The predicted octanol–water partition coefficient (Wildman–Crippen LogP) is 2.96. The number of hydrogen-bond acceptors (Lipinski definition) is 1. The lowest BCUT2D eigenvalue weighted by atomic mass is 10.3. The summed E-state index contributed by atoms with van der Waals surface area (Å²) in [6.45, 7) is 5.78. The van der Waals surface area contributed by atoms with E-state index >= 15 is 0 Å². The quantitative estimate of drug-likeness (QED) is 0.476. The first-order valence-corrected chi connectivity index (χ1v) is 3.87. The molecule has 0 saturated carbocycles. The highest BCUT2D eigenvalue weighted by molar-refractivity contribution is 5.85. The van der Waals surface area contributed by atoms with Crippen molar-refractivity contribution in [2.24, 2.45) is 0 Å². The van der Waals surface area contributed by atoms with Crippen LogP contribution in [0, 0.1) is 0 Å². The fourth-order valence-electron chi connectivity index (χ4n) is 0.348.